The van der Waals surface area contributed by atoms with Gasteiger partial charge in [0.1, 0.15) is 11.5 Å². The van der Waals surface area contributed by atoms with Crippen LogP contribution in [-0.4, -0.2) is 21.0 Å². The maximum atomic E-state index is 10.6. The Morgan fingerprint density at radius 2 is 2.12 bits per heavy atom. The van der Waals surface area contributed by atoms with Crippen molar-refractivity contribution in [1.29, 1.82) is 5.26 Å². The minimum atomic E-state index is -1.02. The van der Waals surface area contributed by atoms with Gasteiger partial charge in [0, 0.05) is 6.42 Å². The molecular formula is C12H9N3O2. The van der Waals surface area contributed by atoms with Gasteiger partial charge in [-0.25, -0.2) is 9.78 Å². The number of hydrogen-bond acceptors (Lipinski definition) is 3. The molecule has 0 saturated heterocycles. The van der Waals surface area contributed by atoms with Crippen LogP contribution in [0.2, 0.25) is 0 Å². The first-order chi connectivity index (χ1) is 8.19. The summed E-state index contributed by atoms with van der Waals surface area (Å²) in [6.07, 6.45) is 1.81. The standard InChI is InChI=1S/C12H9N3O2/c13-6-9-3-1-8(2-4-9)5-11-14-7-10(15-11)12(16)17/h1-4,7H,5H2,(H,14,15)(H,16,17). The summed E-state index contributed by atoms with van der Waals surface area (Å²) in [6.45, 7) is 0. The maximum absolute atomic E-state index is 10.6. The van der Waals surface area contributed by atoms with Gasteiger partial charge in [0.15, 0.2) is 0 Å². The average molecular weight is 227 g/mol. The zero-order valence-electron chi connectivity index (χ0n) is 8.84. The van der Waals surface area contributed by atoms with Crippen LogP contribution in [0.15, 0.2) is 30.5 Å². The van der Waals surface area contributed by atoms with E-state index in [2.05, 4.69) is 9.97 Å². The number of carbonyl (C=O) groups is 1. The molecule has 0 saturated carbocycles. The molecule has 5 nitrogen and oxygen atoms in total. The van der Waals surface area contributed by atoms with Crippen molar-refractivity contribution in [3.05, 3.63) is 53.1 Å². The number of carboxylic acids is 1. The second-order valence-electron chi connectivity index (χ2n) is 3.53. The molecule has 2 rings (SSSR count). The summed E-state index contributed by atoms with van der Waals surface area (Å²) in [5.74, 6) is -0.435. The van der Waals surface area contributed by atoms with E-state index in [0.717, 1.165) is 5.56 Å². The molecule has 84 valence electrons. The zero-order valence-corrected chi connectivity index (χ0v) is 8.84. The molecule has 0 aliphatic carbocycles. The van der Waals surface area contributed by atoms with Gasteiger partial charge in [0.05, 0.1) is 17.8 Å². The van der Waals surface area contributed by atoms with Crippen molar-refractivity contribution >= 4 is 5.97 Å². The van der Waals surface area contributed by atoms with E-state index in [9.17, 15) is 4.79 Å². The number of H-pyrrole nitrogens is 1. The van der Waals surface area contributed by atoms with E-state index < -0.39 is 5.97 Å². The Kier molecular flexibility index (Phi) is 2.88. The fourth-order valence-electron chi connectivity index (χ4n) is 1.45. The first-order valence-electron chi connectivity index (χ1n) is 4.95. The molecule has 2 N–H and O–H groups in total. The highest BCUT2D eigenvalue weighted by Gasteiger charge is 2.07. The molecule has 5 heteroatoms. The minimum Gasteiger partial charge on any atom is -0.477 e. The van der Waals surface area contributed by atoms with Gasteiger partial charge >= 0.3 is 5.97 Å². The summed E-state index contributed by atoms with van der Waals surface area (Å²) in [7, 11) is 0. The fraction of sp³-hybridized carbons (Fsp3) is 0.0833. The Balaban J connectivity index is 2.14. The van der Waals surface area contributed by atoms with Gasteiger partial charge < -0.3 is 10.1 Å². The Morgan fingerprint density at radius 1 is 1.41 bits per heavy atom. The SMILES string of the molecule is N#Cc1ccc(Cc2ncc(C(=O)O)[nH]2)cc1. The lowest BCUT2D eigenvalue weighted by molar-refractivity contribution is 0.0691. The van der Waals surface area contributed by atoms with Crippen molar-refractivity contribution in [3.8, 4) is 6.07 Å². The number of hydrogen-bond donors (Lipinski definition) is 2. The van der Waals surface area contributed by atoms with Crippen LogP contribution in [0.4, 0.5) is 0 Å². The largest absolute Gasteiger partial charge is 0.477 e. The van der Waals surface area contributed by atoms with Gasteiger partial charge in [-0.15, -0.1) is 0 Å². The smallest absolute Gasteiger partial charge is 0.353 e. The van der Waals surface area contributed by atoms with Crippen LogP contribution in [0.3, 0.4) is 0 Å². The van der Waals surface area contributed by atoms with Crippen molar-refractivity contribution in [2.75, 3.05) is 0 Å². The minimum absolute atomic E-state index is 0.0774. The van der Waals surface area contributed by atoms with Crippen LogP contribution in [0.1, 0.15) is 27.4 Å². The summed E-state index contributed by atoms with van der Waals surface area (Å²) in [5, 5.41) is 17.4. The molecule has 1 heterocycles. The van der Waals surface area contributed by atoms with Crippen LogP contribution in [0, 0.1) is 11.3 Å². The number of nitriles is 1. The van der Waals surface area contributed by atoms with Gasteiger partial charge in [-0.1, -0.05) is 12.1 Å². The Hall–Kier alpha value is -2.61. The van der Waals surface area contributed by atoms with Gasteiger partial charge in [0.25, 0.3) is 0 Å². The summed E-state index contributed by atoms with van der Waals surface area (Å²) in [6, 6.07) is 9.12. The van der Waals surface area contributed by atoms with Crippen molar-refractivity contribution in [3.63, 3.8) is 0 Å². The van der Waals surface area contributed by atoms with Gasteiger partial charge in [-0.3, -0.25) is 0 Å². The number of imidazole rings is 1. The van der Waals surface area contributed by atoms with Gasteiger partial charge in [0.2, 0.25) is 0 Å². The predicted octanol–water partition coefficient (Wildman–Crippen LogP) is 1.57. The molecular weight excluding hydrogens is 218 g/mol. The van der Waals surface area contributed by atoms with Crippen LogP contribution < -0.4 is 0 Å². The third-order valence-corrected chi connectivity index (χ3v) is 2.31. The zero-order chi connectivity index (χ0) is 12.3. The maximum Gasteiger partial charge on any atom is 0.353 e. The molecule has 1 aromatic carbocycles. The highest BCUT2D eigenvalue weighted by atomic mass is 16.4. The summed E-state index contributed by atoms with van der Waals surface area (Å²) < 4.78 is 0. The number of rotatable bonds is 3. The number of aromatic nitrogens is 2. The monoisotopic (exact) mass is 227 g/mol. The topological polar surface area (TPSA) is 89.8 Å². The van der Waals surface area contributed by atoms with Crippen molar-refractivity contribution in [2.24, 2.45) is 0 Å². The fourth-order valence-corrected chi connectivity index (χ4v) is 1.45. The third-order valence-electron chi connectivity index (χ3n) is 2.31. The van der Waals surface area contributed by atoms with Crippen LogP contribution >= 0.6 is 0 Å². The number of aromatic carboxylic acids is 1. The number of nitrogens with one attached hydrogen (secondary N) is 1. The molecule has 0 bridgehead atoms. The first-order valence-corrected chi connectivity index (χ1v) is 4.95. The van der Waals surface area contributed by atoms with E-state index in [1.165, 1.54) is 6.20 Å². The van der Waals surface area contributed by atoms with Crippen molar-refractivity contribution in [1.82, 2.24) is 9.97 Å². The first kappa shape index (κ1) is 10.9. The molecule has 17 heavy (non-hydrogen) atoms. The molecule has 0 aliphatic heterocycles. The molecule has 0 fully saturated rings. The van der Waals surface area contributed by atoms with Crippen molar-refractivity contribution < 1.29 is 9.90 Å². The molecule has 1 aromatic heterocycles. The van der Waals surface area contributed by atoms with Crippen LogP contribution in [0.5, 0.6) is 0 Å². The normalized spacial score (nSPS) is 9.82. The molecule has 0 unspecified atom stereocenters. The number of benzene rings is 1. The van der Waals surface area contributed by atoms with Crippen LogP contribution in [0.25, 0.3) is 0 Å². The van der Waals surface area contributed by atoms with Crippen LogP contribution in [-0.2, 0) is 6.42 Å². The lowest BCUT2D eigenvalue weighted by Crippen LogP contribution is -1.97. The number of carboxylic acid groups (broad SMARTS) is 1. The third kappa shape index (κ3) is 2.49. The molecule has 0 aliphatic rings. The Labute approximate surface area is 97.4 Å². The quantitative estimate of drug-likeness (QED) is 0.832. The molecule has 2 aromatic rings. The highest BCUT2D eigenvalue weighted by molar-refractivity contribution is 5.85. The number of aromatic amines is 1. The van der Waals surface area contributed by atoms with E-state index in [4.69, 9.17) is 10.4 Å². The van der Waals surface area contributed by atoms with E-state index in [1.54, 1.807) is 12.1 Å². The number of nitrogens with zero attached hydrogens (tertiary/aromatic N) is 2. The average Bonchev–Trinajstić information content (AvgIpc) is 2.79. The predicted molar refractivity (Wildman–Crippen MR) is 59.5 cm³/mol. The lowest BCUT2D eigenvalue weighted by atomic mass is 10.1. The van der Waals surface area contributed by atoms with E-state index in [0.29, 0.717) is 17.8 Å². The second-order valence-corrected chi connectivity index (χ2v) is 3.53. The molecule has 0 radical (unpaired) electrons. The van der Waals surface area contributed by atoms with E-state index in [1.807, 2.05) is 18.2 Å². The Bertz CT molecular complexity index is 579. The summed E-state index contributed by atoms with van der Waals surface area (Å²) >= 11 is 0. The second kappa shape index (κ2) is 4.49. The van der Waals surface area contributed by atoms with E-state index in [-0.39, 0.29) is 5.69 Å². The van der Waals surface area contributed by atoms with Gasteiger partial charge in [-0.05, 0) is 17.7 Å². The lowest BCUT2D eigenvalue weighted by Gasteiger charge is -1.97. The molecule has 0 spiro atoms. The Morgan fingerprint density at radius 3 is 2.65 bits per heavy atom. The summed E-state index contributed by atoms with van der Waals surface area (Å²) in [4.78, 5) is 17.3. The molecule has 0 amide bonds. The van der Waals surface area contributed by atoms with Gasteiger partial charge in [-0.2, -0.15) is 5.26 Å². The van der Waals surface area contributed by atoms with Crippen molar-refractivity contribution in [2.45, 2.75) is 6.42 Å². The summed E-state index contributed by atoms with van der Waals surface area (Å²) in [5.41, 5.74) is 1.64. The van der Waals surface area contributed by atoms with E-state index >= 15 is 0 Å². The highest BCUT2D eigenvalue weighted by Crippen LogP contribution is 2.08. The molecule has 0 atom stereocenters.